The van der Waals surface area contributed by atoms with Crippen LogP contribution in [0.2, 0.25) is 0 Å². The lowest BCUT2D eigenvalue weighted by Gasteiger charge is -2.36. The molecule has 1 amide bonds. The maximum absolute atomic E-state index is 11.8. The Labute approximate surface area is 89.9 Å². The molecule has 5 heteroatoms. The molecular formula is C10H18N4O. The van der Waals surface area contributed by atoms with E-state index in [0.717, 1.165) is 32.5 Å². The number of likely N-dealkylation sites (tertiary alicyclic amines) is 1. The van der Waals surface area contributed by atoms with Gasteiger partial charge in [-0.2, -0.15) is 0 Å². The van der Waals surface area contributed by atoms with Gasteiger partial charge in [-0.3, -0.25) is 15.1 Å². The van der Waals surface area contributed by atoms with Gasteiger partial charge in [0.1, 0.15) is 5.54 Å². The third-order valence-electron chi connectivity index (χ3n) is 3.40. The summed E-state index contributed by atoms with van der Waals surface area (Å²) in [5.74, 6) is 0.698. The standard InChI is InChI=1S/C10H18N4O/c1-3-14-6-4-10(5-7-14)8(15)12-9(11-2)13-10/h3-7H2,1-2H3,(H2,11,12,13,15). The number of rotatable bonds is 1. The lowest BCUT2D eigenvalue weighted by Crippen LogP contribution is -2.54. The first-order valence-corrected chi connectivity index (χ1v) is 5.49. The molecule has 0 atom stereocenters. The van der Waals surface area contributed by atoms with Crippen LogP contribution in [0.5, 0.6) is 0 Å². The quantitative estimate of drug-likeness (QED) is 0.616. The Morgan fingerprint density at radius 1 is 1.47 bits per heavy atom. The molecule has 0 unspecified atom stereocenters. The van der Waals surface area contributed by atoms with Crippen molar-refractivity contribution in [2.75, 3.05) is 26.7 Å². The highest BCUT2D eigenvalue weighted by atomic mass is 16.2. The second-order valence-corrected chi connectivity index (χ2v) is 4.17. The summed E-state index contributed by atoms with van der Waals surface area (Å²) in [6.45, 7) is 5.17. The van der Waals surface area contributed by atoms with Crippen molar-refractivity contribution >= 4 is 11.9 Å². The SMILES string of the molecule is CCN1CCC2(CC1)NC(=NC)NC2=O. The van der Waals surface area contributed by atoms with Crippen LogP contribution in [0.15, 0.2) is 4.99 Å². The minimum Gasteiger partial charge on any atom is -0.342 e. The molecule has 5 nitrogen and oxygen atoms in total. The van der Waals surface area contributed by atoms with Gasteiger partial charge in [-0.1, -0.05) is 6.92 Å². The van der Waals surface area contributed by atoms with E-state index in [2.05, 4.69) is 27.4 Å². The molecule has 0 aromatic carbocycles. The molecule has 2 aliphatic rings. The van der Waals surface area contributed by atoms with Crippen LogP contribution >= 0.6 is 0 Å². The van der Waals surface area contributed by atoms with Gasteiger partial charge < -0.3 is 10.2 Å². The minimum absolute atomic E-state index is 0.0823. The summed E-state index contributed by atoms with van der Waals surface area (Å²) in [6.07, 6.45) is 1.73. The molecule has 0 radical (unpaired) electrons. The van der Waals surface area contributed by atoms with Crippen LogP contribution in [-0.2, 0) is 4.79 Å². The van der Waals surface area contributed by atoms with Crippen LogP contribution in [0.3, 0.4) is 0 Å². The second kappa shape index (κ2) is 3.81. The van der Waals surface area contributed by atoms with Crippen LogP contribution in [0.1, 0.15) is 19.8 Å². The normalized spacial score (nSPS) is 28.1. The predicted octanol–water partition coefficient (Wildman–Crippen LogP) is -0.454. The highest BCUT2D eigenvalue weighted by molar-refractivity contribution is 6.09. The predicted molar refractivity (Wildman–Crippen MR) is 58.7 cm³/mol. The highest BCUT2D eigenvalue weighted by Crippen LogP contribution is 2.25. The zero-order valence-corrected chi connectivity index (χ0v) is 9.34. The van der Waals surface area contributed by atoms with Crippen LogP contribution in [0.25, 0.3) is 0 Å². The third-order valence-corrected chi connectivity index (χ3v) is 3.40. The van der Waals surface area contributed by atoms with Crippen molar-refractivity contribution in [2.24, 2.45) is 4.99 Å². The van der Waals surface area contributed by atoms with E-state index in [4.69, 9.17) is 0 Å². The first kappa shape index (κ1) is 10.4. The number of carbonyl (C=O) groups excluding carboxylic acids is 1. The fourth-order valence-electron chi connectivity index (χ4n) is 2.26. The van der Waals surface area contributed by atoms with Crippen molar-refractivity contribution in [2.45, 2.75) is 25.3 Å². The second-order valence-electron chi connectivity index (χ2n) is 4.17. The number of hydrogen-bond acceptors (Lipinski definition) is 3. The fourth-order valence-corrected chi connectivity index (χ4v) is 2.26. The van der Waals surface area contributed by atoms with Crippen molar-refractivity contribution in [1.82, 2.24) is 15.5 Å². The Hall–Kier alpha value is -1.10. The van der Waals surface area contributed by atoms with E-state index in [0.29, 0.717) is 5.96 Å². The Bertz CT molecular complexity index is 292. The molecule has 2 heterocycles. The van der Waals surface area contributed by atoms with Gasteiger partial charge in [0.05, 0.1) is 0 Å². The molecule has 2 fully saturated rings. The van der Waals surface area contributed by atoms with Gasteiger partial charge in [-0.25, -0.2) is 0 Å². The largest absolute Gasteiger partial charge is 0.342 e. The molecule has 0 saturated carbocycles. The zero-order valence-electron chi connectivity index (χ0n) is 9.34. The molecule has 2 N–H and O–H groups in total. The molecule has 2 rings (SSSR count). The average Bonchev–Trinajstić information content (AvgIpc) is 2.57. The molecule has 0 aromatic heterocycles. The number of guanidine groups is 1. The van der Waals surface area contributed by atoms with Crippen molar-refractivity contribution < 1.29 is 4.79 Å². The number of amides is 1. The first-order chi connectivity index (χ1) is 7.20. The van der Waals surface area contributed by atoms with E-state index in [9.17, 15) is 4.79 Å². The monoisotopic (exact) mass is 210 g/mol. The van der Waals surface area contributed by atoms with Crippen LogP contribution in [0.4, 0.5) is 0 Å². The lowest BCUT2D eigenvalue weighted by atomic mass is 9.88. The van der Waals surface area contributed by atoms with Crippen LogP contribution in [-0.4, -0.2) is 49.0 Å². The summed E-state index contributed by atoms with van der Waals surface area (Å²) in [5, 5.41) is 5.99. The minimum atomic E-state index is -0.388. The van der Waals surface area contributed by atoms with Crippen molar-refractivity contribution in [3.63, 3.8) is 0 Å². The molecule has 15 heavy (non-hydrogen) atoms. The van der Waals surface area contributed by atoms with E-state index < -0.39 is 0 Å². The molecule has 0 aliphatic carbocycles. The molecule has 84 valence electrons. The van der Waals surface area contributed by atoms with Gasteiger partial charge >= 0.3 is 0 Å². The van der Waals surface area contributed by atoms with E-state index in [-0.39, 0.29) is 11.4 Å². The van der Waals surface area contributed by atoms with Gasteiger partial charge in [0.15, 0.2) is 5.96 Å². The van der Waals surface area contributed by atoms with Gasteiger partial charge in [0.2, 0.25) is 0 Å². The molecule has 0 bridgehead atoms. The van der Waals surface area contributed by atoms with Gasteiger partial charge in [-0.15, -0.1) is 0 Å². The Morgan fingerprint density at radius 3 is 2.60 bits per heavy atom. The highest BCUT2D eigenvalue weighted by Gasteiger charge is 2.46. The van der Waals surface area contributed by atoms with Gasteiger partial charge in [0, 0.05) is 20.1 Å². The summed E-state index contributed by atoms with van der Waals surface area (Å²) in [5.41, 5.74) is -0.388. The summed E-state index contributed by atoms with van der Waals surface area (Å²) in [6, 6.07) is 0. The Kier molecular flexibility index (Phi) is 2.65. The first-order valence-electron chi connectivity index (χ1n) is 5.49. The molecular weight excluding hydrogens is 192 g/mol. The maximum Gasteiger partial charge on any atom is 0.252 e. The Morgan fingerprint density at radius 2 is 2.13 bits per heavy atom. The summed E-state index contributed by atoms with van der Waals surface area (Å²) in [4.78, 5) is 18.2. The van der Waals surface area contributed by atoms with Crippen molar-refractivity contribution in [3.8, 4) is 0 Å². The number of carbonyl (C=O) groups is 1. The number of nitrogens with one attached hydrogen (secondary N) is 2. The lowest BCUT2D eigenvalue weighted by molar-refractivity contribution is -0.125. The van der Waals surface area contributed by atoms with Crippen LogP contribution < -0.4 is 10.6 Å². The zero-order chi connectivity index (χ0) is 10.9. The smallest absolute Gasteiger partial charge is 0.252 e. The van der Waals surface area contributed by atoms with Gasteiger partial charge in [0.25, 0.3) is 5.91 Å². The summed E-state index contributed by atoms with van der Waals surface area (Å²) >= 11 is 0. The fraction of sp³-hybridized carbons (Fsp3) is 0.800. The Balaban J connectivity index is 2.07. The number of aliphatic imine (C=N–C) groups is 1. The maximum atomic E-state index is 11.8. The van der Waals surface area contributed by atoms with E-state index in [1.165, 1.54) is 0 Å². The third kappa shape index (κ3) is 1.71. The van der Waals surface area contributed by atoms with Crippen molar-refractivity contribution in [1.29, 1.82) is 0 Å². The van der Waals surface area contributed by atoms with E-state index in [1.54, 1.807) is 7.05 Å². The number of nitrogens with zero attached hydrogens (tertiary/aromatic N) is 2. The summed E-state index contributed by atoms with van der Waals surface area (Å²) < 4.78 is 0. The summed E-state index contributed by atoms with van der Waals surface area (Å²) in [7, 11) is 1.68. The van der Waals surface area contributed by atoms with Crippen molar-refractivity contribution in [3.05, 3.63) is 0 Å². The van der Waals surface area contributed by atoms with E-state index in [1.807, 2.05) is 0 Å². The number of hydrogen-bond donors (Lipinski definition) is 2. The molecule has 0 aromatic rings. The van der Waals surface area contributed by atoms with E-state index >= 15 is 0 Å². The van der Waals surface area contributed by atoms with Crippen LogP contribution in [0, 0.1) is 0 Å². The topological polar surface area (TPSA) is 56.7 Å². The molecule has 2 aliphatic heterocycles. The number of piperidine rings is 1. The average molecular weight is 210 g/mol. The molecule has 2 saturated heterocycles. The van der Waals surface area contributed by atoms with Gasteiger partial charge in [-0.05, 0) is 19.4 Å². The molecule has 1 spiro atoms.